The normalized spacial score (nSPS) is 18.9. The molecule has 0 aliphatic heterocycles. The first-order valence-corrected chi connectivity index (χ1v) is 6.95. The molecule has 0 rings (SSSR count). The van der Waals surface area contributed by atoms with Crippen molar-refractivity contribution in [3.8, 4) is 0 Å². The summed E-state index contributed by atoms with van der Waals surface area (Å²) in [6.07, 6.45) is 0.842. The quantitative estimate of drug-likeness (QED) is 0.473. The summed E-state index contributed by atoms with van der Waals surface area (Å²) in [5, 5.41) is 18.2. The van der Waals surface area contributed by atoms with E-state index in [0.717, 1.165) is 6.42 Å². The average molecular weight is 278 g/mol. The molecule has 0 aromatic rings. The van der Waals surface area contributed by atoms with E-state index >= 15 is 0 Å². The van der Waals surface area contributed by atoms with Crippen molar-refractivity contribution in [3.05, 3.63) is 0 Å². The summed E-state index contributed by atoms with van der Waals surface area (Å²) in [7, 11) is 1.61. The molecule has 4 atom stereocenters. The van der Waals surface area contributed by atoms with Crippen LogP contribution < -0.4 is 0 Å². The van der Waals surface area contributed by atoms with Crippen molar-refractivity contribution >= 4 is 0 Å². The van der Waals surface area contributed by atoms with Gasteiger partial charge in [0.15, 0.2) is 0 Å². The Kier molecular flexibility index (Phi) is 8.78. The number of hydrogen-bond donors (Lipinski definition) is 2. The maximum absolute atomic E-state index is 9.21. The molecule has 0 radical (unpaired) electrons. The molecule has 5 nitrogen and oxygen atoms in total. The van der Waals surface area contributed by atoms with Crippen molar-refractivity contribution in [1.82, 2.24) is 0 Å². The molecule has 2 N–H and O–H groups in total. The van der Waals surface area contributed by atoms with Gasteiger partial charge in [-0.05, 0) is 23.7 Å². The van der Waals surface area contributed by atoms with Crippen LogP contribution in [0, 0.1) is 17.3 Å². The van der Waals surface area contributed by atoms with Crippen molar-refractivity contribution in [2.75, 3.05) is 13.7 Å². The van der Waals surface area contributed by atoms with Gasteiger partial charge in [0.2, 0.25) is 0 Å². The van der Waals surface area contributed by atoms with Crippen molar-refractivity contribution in [2.45, 2.75) is 59.7 Å². The van der Waals surface area contributed by atoms with E-state index in [4.69, 9.17) is 14.9 Å². The highest BCUT2D eigenvalue weighted by Crippen LogP contribution is 2.36. The van der Waals surface area contributed by atoms with Gasteiger partial charge < -0.3 is 4.74 Å². The zero-order valence-corrected chi connectivity index (χ0v) is 13.0. The molecular formula is C14H30O5. The van der Waals surface area contributed by atoms with Crippen LogP contribution in [-0.2, 0) is 14.5 Å². The van der Waals surface area contributed by atoms with Crippen LogP contribution in [0.15, 0.2) is 0 Å². The zero-order chi connectivity index (χ0) is 15.1. The largest absolute Gasteiger partial charge is 0.385 e. The number of hydrogen-bond acceptors (Lipinski definition) is 5. The Morgan fingerprint density at radius 3 is 2.00 bits per heavy atom. The molecule has 0 aromatic carbocycles. The summed E-state index contributed by atoms with van der Waals surface area (Å²) < 4.78 is 5.01. The predicted octanol–water partition coefficient (Wildman–Crippen LogP) is 3.45. The highest BCUT2D eigenvalue weighted by Gasteiger charge is 2.38. The van der Waals surface area contributed by atoms with E-state index < -0.39 is 0 Å². The van der Waals surface area contributed by atoms with Gasteiger partial charge in [0.1, 0.15) is 6.10 Å². The second kappa shape index (κ2) is 8.87. The Balaban J connectivity index is 4.78. The maximum atomic E-state index is 9.21. The molecule has 0 aliphatic carbocycles. The smallest absolute Gasteiger partial charge is 0.101 e. The fourth-order valence-electron chi connectivity index (χ4n) is 2.41. The maximum Gasteiger partial charge on any atom is 0.101 e. The zero-order valence-electron chi connectivity index (χ0n) is 13.0. The molecule has 116 valence electrons. The van der Waals surface area contributed by atoms with E-state index in [9.17, 15) is 5.26 Å². The van der Waals surface area contributed by atoms with Gasteiger partial charge in [0, 0.05) is 20.1 Å². The van der Waals surface area contributed by atoms with Crippen LogP contribution in [0.5, 0.6) is 0 Å². The molecule has 0 heterocycles. The highest BCUT2D eigenvalue weighted by molar-refractivity contribution is 4.86. The summed E-state index contributed by atoms with van der Waals surface area (Å²) in [6.45, 7) is 10.7. The lowest BCUT2D eigenvalue weighted by molar-refractivity contribution is -0.330. The van der Waals surface area contributed by atoms with Gasteiger partial charge >= 0.3 is 0 Å². The van der Waals surface area contributed by atoms with Crippen LogP contribution in [0.2, 0.25) is 0 Å². The van der Waals surface area contributed by atoms with Crippen molar-refractivity contribution in [2.24, 2.45) is 17.3 Å². The van der Waals surface area contributed by atoms with Gasteiger partial charge in [-0.3, -0.25) is 10.5 Å². The van der Waals surface area contributed by atoms with Crippen molar-refractivity contribution < 1.29 is 25.0 Å². The lowest BCUT2D eigenvalue weighted by Gasteiger charge is -2.39. The van der Waals surface area contributed by atoms with Crippen LogP contribution in [0.4, 0.5) is 0 Å². The van der Waals surface area contributed by atoms with Gasteiger partial charge in [-0.25, -0.2) is 9.78 Å². The van der Waals surface area contributed by atoms with Gasteiger partial charge in [-0.15, -0.1) is 0 Å². The number of rotatable bonds is 10. The molecule has 0 spiro atoms. The fraction of sp³-hybridized carbons (Fsp3) is 1.00. The molecule has 0 amide bonds. The first-order valence-electron chi connectivity index (χ1n) is 6.95. The van der Waals surface area contributed by atoms with E-state index in [2.05, 4.69) is 25.7 Å². The Bertz CT molecular complexity index is 232. The standard InChI is InChI=1S/C14H30O5/c1-7-14(4,5)13(19-16)11(3)10(2)12(18-15)8-9-17-6/h10-13,15-16H,7-9H2,1-6H3. The molecule has 0 fully saturated rings. The third kappa shape index (κ3) is 5.36. The molecule has 0 aromatic heterocycles. The molecule has 5 heteroatoms. The summed E-state index contributed by atoms with van der Waals surface area (Å²) in [6, 6.07) is 0. The van der Waals surface area contributed by atoms with Gasteiger partial charge in [0.25, 0.3) is 0 Å². The average Bonchev–Trinajstić information content (AvgIpc) is 2.39. The topological polar surface area (TPSA) is 68.2 Å². The first kappa shape index (κ1) is 18.8. The summed E-state index contributed by atoms with van der Waals surface area (Å²) >= 11 is 0. The second-order valence-corrected chi connectivity index (χ2v) is 6.01. The molecular weight excluding hydrogens is 248 g/mol. The molecule has 0 aliphatic rings. The van der Waals surface area contributed by atoms with Gasteiger partial charge in [-0.1, -0.05) is 34.6 Å². The van der Waals surface area contributed by atoms with Crippen LogP contribution in [-0.4, -0.2) is 36.4 Å². The Hall–Kier alpha value is -0.200. The minimum Gasteiger partial charge on any atom is -0.385 e. The van der Waals surface area contributed by atoms with Gasteiger partial charge in [-0.2, -0.15) is 0 Å². The van der Waals surface area contributed by atoms with E-state index in [1.807, 2.05) is 13.8 Å². The van der Waals surface area contributed by atoms with Crippen LogP contribution in [0.25, 0.3) is 0 Å². The summed E-state index contributed by atoms with van der Waals surface area (Å²) in [5.41, 5.74) is -0.149. The van der Waals surface area contributed by atoms with E-state index in [-0.39, 0.29) is 29.5 Å². The second-order valence-electron chi connectivity index (χ2n) is 6.01. The highest BCUT2D eigenvalue weighted by atomic mass is 17.1. The molecule has 4 unspecified atom stereocenters. The molecule has 0 saturated carbocycles. The monoisotopic (exact) mass is 278 g/mol. The van der Waals surface area contributed by atoms with E-state index in [1.54, 1.807) is 7.11 Å². The van der Waals surface area contributed by atoms with Crippen molar-refractivity contribution in [1.29, 1.82) is 0 Å². The minimum atomic E-state index is -0.333. The summed E-state index contributed by atoms with van der Waals surface area (Å²) in [5.74, 6) is 0.0667. The number of methoxy groups -OCH3 is 1. The predicted molar refractivity (Wildman–Crippen MR) is 73.9 cm³/mol. The van der Waals surface area contributed by atoms with Crippen molar-refractivity contribution in [3.63, 3.8) is 0 Å². The van der Waals surface area contributed by atoms with Crippen LogP contribution in [0.3, 0.4) is 0 Å². The lowest BCUT2D eigenvalue weighted by atomic mass is 9.73. The fourth-order valence-corrected chi connectivity index (χ4v) is 2.41. The van der Waals surface area contributed by atoms with Crippen LogP contribution in [0.1, 0.15) is 47.5 Å². The van der Waals surface area contributed by atoms with E-state index in [1.165, 1.54) is 0 Å². The minimum absolute atomic E-state index is 0.0307. The third-order valence-corrected chi connectivity index (χ3v) is 4.43. The SMILES string of the molecule is CCC(C)(C)C(OO)C(C)C(C)C(CCOC)OO. The molecule has 0 bridgehead atoms. The molecule has 0 saturated heterocycles. The third-order valence-electron chi connectivity index (χ3n) is 4.43. The Morgan fingerprint density at radius 1 is 1.05 bits per heavy atom. The Labute approximate surface area is 116 Å². The lowest BCUT2D eigenvalue weighted by Crippen LogP contribution is -2.42. The van der Waals surface area contributed by atoms with Gasteiger partial charge in [0.05, 0.1) is 6.10 Å². The Morgan fingerprint density at radius 2 is 1.63 bits per heavy atom. The first-order chi connectivity index (χ1) is 8.85. The van der Waals surface area contributed by atoms with E-state index in [0.29, 0.717) is 13.0 Å². The molecule has 19 heavy (non-hydrogen) atoms. The summed E-state index contributed by atoms with van der Waals surface area (Å²) in [4.78, 5) is 9.28. The number of ether oxygens (including phenoxy) is 1. The van der Waals surface area contributed by atoms with Crippen LogP contribution >= 0.6 is 0 Å².